The highest BCUT2D eigenvalue weighted by molar-refractivity contribution is 7.93. The number of thiocarbonyl (C=S) groups is 2. The van der Waals surface area contributed by atoms with Gasteiger partial charge < -0.3 is 5.73 Å². The number of benzene rings is 1. The van der Waals surface area contributed by atoms with Crippen molar-refractivity contribution >= 4 is 28.7 Å². The van der Waals surface area contributed by atoms with Crippen LogP contribution in [-0.2, 0) is 6.54 Å². The lowest BCUT2D eigenvalue weighted by atomic mass is 10.2. The standard InChI is InChI=1S/C7H9N.CS2/c8-6-7-4-2-1-3-5-7;2-1-3/h1-5H,6,8H2;. The second kappa shape index (κ2) is 7.51. The fraction of sp³-hybridized carbons (Fsp3) is 0.125. The molecule has 0 aliphatic carbocycles. The van der Waals surface area contributed by atoms with E-state index in [1.165, 1.54) is 5.56 Å². The number of nitrogens with two attached hydrogens (primary N) is 1. The summed E-state index contributed by atoms with van der Waals surface area (Å²) in [6.45, 7) is 0.640. The molecule has 0 heterocycles. The van der Waals surface area contributed by atoms with E-state index in [1.54, 1.807) is 0 Å². The summed E-state index contributed by atoms with van der Waals surface area (Å²) >= 11 is 7.92. The van der Waals surface area contributed by atoms with E-state index >= 15 is 0 Å². The van der Waals surface area contributed by atoms with Gasteiger partial charge in [-0.05, 0) is 30.0 Å². The predicted molar refractivity (Wildman–Crippen MR) is 54.5 cm³/mol. The maximum atomic E-state index is 5.35. The molecule has 0 unspecified atom stereocenters. The molecular formula is C8H9NS2. The van der Waals surface area contributed by atoms with Gasteiger partial charge in [-0.15, -0.1) is 0 Å². The Hall–Kier alpha value is -0.600. The summed E-state index contributed by atoms with van der Waals surface area (Å²) in [6, 6.07) is 9.99. The largest absolute Gasteiger partial charge is 0.326 e. The van der Waals surface area contributed by atoms with Crippen molar-refractivity contribution in [3.8, 4) is 0 Å². The van der Waals surface area contributed by atoms with Gasteiger partial charge in [-0.25, -0.2) is 0 Å². The normalized spacial score (nSPS) is 7.36. The Morgan fingerprint density at radius 2 is 1.64 bits per heavy atom. The molecule has 1 rings (SSSR count). The third-order valence-electron chi connectivity index (χ3n) is 1.08. The molecule has 0 saturated carbocycles. The van der Waals surface area contributed by atoms with Gasteiger partial charge in [0.25, 0.3) is 0 Å². The second-order valence-electron chi connectivity index (χ2n) is 1.77. The molecular weight excluding hydrogens is 174 g/mol. The summed E-state index contributed by atoms with van der Waals surface area (Å²) in [5, 5.41) is 0. The first-order valence-electron chi connectivity index (χ1n) is 3.08. The van der Waals surface area contributed by atoms with Crippen molar-refractivity contribution in [2.24, 2.45) is 5.73 Å². The highest BCUT2D eigenvalue weighted by atomic mass is 32.1. The lowest BCUT2D eigenvalue weighted by Gasteiger charge is -1.90. The van der Waals surface area contributed by atoms with Gasteiger partial charge in [-0.3, -0.25) is 0 Å². The molecule has 0 aliphatic rings. The lowest BCUT2D eigenvalue weighted by molar-refractivity contribution is 1.07. The van der Waals surface area contributed by atoms with Crippen LogP contribution in [0.5, 0.6) is 0 Å². The van der Waals surface area contributed by atoms with Gasteiger partial charge in [0.2, 0.25) is 0 Å². The Labute approximate surface area is 77.2 Å². The molecule has 1 aromatic carbocycles. The van der Waals surface area contributed by atoms with Gasteiger partial charge in [-0.2, -0.15) is 0 Å². The highest BCUT2D eigenvalue weighted by Crippen LogP contribution is 1.94. The molecule has 1 nitrogen and oxygen atoms in total. The molecule has 0 spiro atoms. The van der Waals surface area contributed by atoms with Crippen LogP contribution in [0.4, 0.5) is 0 Å². The minimum atomic E-state index is 0.640. The number of rotatable bonds is 1. The van der Waals surface area contributed by atoms with Crippen molar-refractivity contribution in [1.82, 2.24) is 0 Å². The monoisotopic (exact) mass is 183 g/mol. The zero-order chi connectivity index (χ0) is 8.53. The maximum absolute atomic E-state index is 5.35. The van der Waals surface area contributed by atoms with Gasteiger partial charge in [0.1, 0.15) is 0 Å². The summed E-state index contributed by atoms with van der Waals surface area (Å²) in [4.78, 5) is 0. The summed E-state index contributed by atoms with van der Waals surface area (Å²) in [6.07, 6.45) is 0. The van der Waals surface area contributed by atoms with Crippen LogP contribution in [0, 0.1) is 0 Å². The van der Waals surface area contributed by atoms with Crippen molar-refractivity contribution in [3.63, 3.8) is 0 Å². The average molecular weight is 183 g/mol. The van der Waals surface area contributed by atoms with Crippen LogP contribution in [-0.4, -0.2) is 4.31 Å². The van der Waals surface area contributed by atoms with E-state index in [1.807, 2.05) is 34.6 Å². The molecule has 0 aliphatic heterocycles. The van der Waals surface area contributed by atoms with Crippen molar-refractivity contribution < 1.29 is 0 Å². The maximum Gasteiger partial charge on any atom is 0.0297 e. The summed E-state index contributed by atoms with van der Waals surface area (Å²) in [7, 11) is 0. The molecule has 11 heavy (non-hydrogen) atoms. The Kier molecular flexibility index (Phi) is 7.10. The van der Waals surface area contributed by atoms with Crippen molar-refractivity contribution in [2.75, 3.05) is 0 Å². The first-order valence-corrected chi connectivity index (χ1v) is 3.90. The Morgan fingerprint density at radius 3 is 1.91 bits per heavy atom. The van der Waals surface area contributed by atoms with Crippen LogP contribution in [0.2, 0.25) is 0 Å². The van der Waals surface area contributed by atoms with Crippen LogP contribution < -0.4 is 5.73 Å². The quantitative estimate of drug-likeness (QED) is 0.676. The zero-order valence-electron chi connectivity index (χ0n) is 5.99. The molecule has 0 saturated heterocycles. The summed E-state index contributed by atoms with van der Waals surface area (Å²) in [5.74, 6) is 0. The molecule has 0 fully saturated rings. The van der Waals surface area contributed by atoms with Gasteiger partial charge in [0, 0.05) is 10.9 Å². The summed E-state index contributed by atoms with van der Waals surface area (Å²) in [5.41, 5.74) is 6.54. The van der Waals surface area contributed by atoms with E-state index in [0.29, 0.717) is 6.54 Å². The highest BCUT2D eigenvalue weighted by Gasteiger charge is 1.80. The van der Waals surface area contributed by atoms with E-state index in [0.717, 1.165) is 0 Å². The SMILES string of the molecule is NCc1ccccc1.S=C=S. The molecule has 0 bridgehead atoms. The molecule has 0 radical (unpaired) electrons. The molecule has 0 aromatic heterocycles. The van der Waals surface area contributed by atoms with E-state index in [9.17, 15) is 0 Å². The van der Waals surface area contributed by atoms with Crippen molar-refractivity contribution in [3.05, 3.63) is 35.9 Å². The van der Waals surface area contributed by atoms with Crippen LogP contribution in [0.3, 0.4) is 0 Å². The van der Waals surface area contributed by atoms with E-state index in [-0.39, 0.29) is 0 Å². The van der Waals surface area contributed by atoms with Crippen LogP contribution >= 0.6 is 24.4 Å². The molecule has 0 atom stereocenters. The van der Waals surface area contributed by atoms with Gasteiger partial charge >= 0.3 is 0 Å². The van der Waals surface area contributed by atoms with E-state index in [2.05, 4.69) is 24.4 Å². The second-order valence-corrected chi connectivity index (χ2v) is 2.44. The first-order chi connectivity index (χ1) is 5.35. The zero-order valence-corrected chi connectivity index (χ0v) is 7.62. The predicted octanol–water partition coefficient (Wildman–Crippen LogP) is 2.16. The fourth-order valence-electron chi connectivity index (χ4n) is 0.614. The Balaban J connectivity index is 0.000000292. The van der Waals surface area contributed by atoms with Crippen LogP contribution in [0.25, 0.3) is 0 Å². The van der Waals surface area contributed by atoms with Gasteiger partial charge in [-0.1, -0.05) is 30.3 Å². The third kappa shape index (κ3) is 5.83. The number of hydrogen-bond acceptors (Lipinski definition) is 3. The molecule has 58 valence electrons. The van der Waals surface area contributed by atoms with Crippen molar-refractivity contribution in [1.29, 1.82) is 0 Å². The van der Waals surface area contributed by atoms with Gasteiger partial charge in [0.15, 0.2) is 0 Å². The van der Waals surface area contributed by atoms with E-state index < -0.39 is 0 Å². The smallest absolute Gasteiger partial charge is 0.0297 e. The molecule has 2 N–H and O–H groups in total. The Morgan fingerprint density at radius 1 is 1.18 bits per heavy atom. The molecule has 1 aromatic rings. The van der Waals surface area contributed by atoms with Crippen molar-refractivity contribution in [2.45, 2.75) is 6.54 Å². The number of hydrogen-bond donors (Lipinski definition) is 1. The van der Waals surface area contributed by atoms with E-state index in [4.69, 9.17) is 5.73 Å². The average Bonchev–Trinajstić information content (AvgIpc) is 2.08. The Bertz CT molecular complexity index is 215. The molecule has 0 amide bonds. The van der Waals surface area contributed by atoms with Gasteiger partial charge in [0.05, 0.1) is 0 Å². The minimum Gasteiger partial charge on any atom is -0.326 e. The summed E-state index contributed by atoms with van der Waals surface area (Å²) < 4.78 is 1.92. The first kappa shape index (κ1) is 10.4. The topological polar surface area (TPSA) is 26.0 Å². The third-order valence-corrected chi connectivity index (χ3v) is 1.08. The lowest BCUT2D eigenvalue weighted by Crippen LogP contribution is -1.94. The van der Waals surface area contributed by atoms with Crippen LogP contribution in [0.1, 0.15) is 5.56 Å². The minimum absolute atomic E-state index is 0.640. The molecule has 3 heteroatoms. The van der Waals surface area contributed by atoms with Crippen LogP contribution in [0.15, 0.2) is 30.3 Å². The fourth-order valence-corrected chi connectivity index (χ4v) is 0.614.